The van der Waals surface area contributed by atoms with Gasteiger partial charge in [0.2, 0.25) is 0 Å². The zero-order valence-electron chi connectivity index (χ0n) is 19.6. The zero-order chi connectivity index (χ0) is 24.3. The zero-order valence-corrected chi connectivity index (χ0v) is 20.4. The maximum Gasteiger partial charge on any atom is 0.409 e. The molecule has 1 amide bonds. The number of fused-ring (bicyclic) bond motifs is 3. The summed E-state index contributed by atoms with van der Waals surface area (Å²) in [5.41, 5.74) is 8.68. The number of nitrogen functional groups attached to an aromatic ring is 1. The number of hydrogen-bond donors (Lipinski definition) is 1. The standard InChI is InChI=1S/C23H31N5O5S/c1-32-13-9-19-26-20-21(17-7-3-4-8-18(17)25-22(20)24)28(19)12-6-5-11-27(23(29)33-2)16-10-14-34(30,31)15-16/h3-4,7-8,16H,5-6,9-15H2,1-2H3,(H2,24,25). The van der Waals surface area contributed by atoms with Crippen LogP contribution in [0.4, 0.5) is 10.6 Å². The number of nitrogens with two attached hydrogens (primary N) is 1. The van der Waals surface area contributed by atoms with Gasteiger partial charge in [-0.15, -0.1) is 0 Å². The van der Waals surface area contributed by atoms with Gasteiger partial charge in [0.1, 0.15) is 11.3 Å². The molecule has 3 heterocycles. The van der Waals surface area contributed by atoms with E-state index in [4.69, 9.17) is 20.2 Å². The Morgan fingerprint density at radius 2 is 2.03 bits per heavy atom. The van der Waals surface area contributed by atoms with Crippen LogP contribution in [0.2, 0.25) is 0 Å². The Morgan fingerprint density at radius 1 is 1.24 bits per heavy atom. The number of rotatable bonds is 9. The molecule has 0 bridgehead atoms. The molecular formula is C23H31N5O5S. The summed E-state index contributed by atoms with van der Waals surface area (Å²) >= 11 is 0. The van der Waals surface area contributed by atoms with E-state index in [-0.39, 0.29) is 17.5 Å². The summed E-state index contributed by atoms with van der Waals surface area (Å²) in [7, 11) is -0.126. The van der Waals surface area contributed by atoms with Gasteiger partial charge in [-0.3, -0.25) is 0 Å². The third-order valence-corrected chi connectivity index (χ3v) is 8.06. The fourth-order valence-electron chi connectivity index (χ4n) is 4.64. The Hall–Kier alpha value is -2.92. The number of pyridine rings is 1. The van der Waals surface area contributed by atoms with Gasteiger partial charge in [-0.2, -0.15) is 0 Å². The minimum absolute atomic E-state index is 0.00626. The molecule has 1 atom stereocenters. The van der Waals surface area contributed by atoms with E-state index in [9.17, 15) is 13.2 Å². The summed E-state index contributed by atoms with van der Waals surface area (Å²) < 4.78 is 36.2. The molecular weight excluding hydrogens is 458 g/mol. The van der Waals surface area contributed by atoms with Gasteiger partial charge in [0.25, 0.3) is 0 Å². The summed E-state index contributed by atoms with van der Waals surface area (Å²) in [6.07, 6.45) is 2.04. The van der Waals surface area contributed by atoms with Crippen molar-refractivity contribution in [3.05, 3.63) is 30.1 Å². The lowest BCUT2D eigenvalue weighted by Gasteiger charge is -2.26. The van der Waals surface area contributed by atoms with E-state index in [1.807, 2.05) is 24.3 Å². The van der Waals surface area contributed by atoms with Crippen LogP contribution in [-0.4, -0.2) is 78.9 Å². The van der Waals surface area contributed by atoms with Gasteiger partial charge in [0.15, 0.2) is 15.7 Å². The summed E-state index contributed by atoms with van der Waals surface area (Å²) in [5, 5.41) is 0.982. The van der Waals surface area contributed by atoms with E-state index in [1.54, 1.807) is 12.0 Å². The first-order chi connectivity index (χ1) is 16.3. The third kappa shape index (κ3) is 4.95. The van der Waals surface area contributed by atoms with Crippen molar-refractivity contribution in [3.63, 3.8) is 0 Å². The predicted octanol–water partition coefficient (Wildman–Crippen LogP) is 2.39. The average Bonchev–Trinajstić information content (AvgIpc) is 3.37. The minimum Gasteiger partial charge on any atom is -0.453 e. The normalized spacial score (nSPS) is 17.4. The van der Waals surface area contributed by atoms with Gasteiger partial charge in [0.05, 0.1) is 36.3 Å². The SMILES string of the molecule is COCCc1nc2c(N)nc3ccccc3c2n1CCCCN(C(=O)OC)C1CCS(=O)(=O)C1. The Bertz CT molecular complexity index is 1290. The number of para-hydroxylation sites is 1. The maximum absolute atomic E-state index is 12.3. The van der Waals surface area contributed by atoms with Crippen LogP contribution < -0.4 is 5.73 Å². The smallest absolute Gasteiger partial charge is 0.409 e. The molecule has 4 rings (SSSR count). The lowest BCUT2D eigenvalue weighted by molar-refractivity contribution is 0.108. The number of ether oxygens (including phenoxy) is 2. The molecule has 0 saturated carbocycles. The number of amides is 1. The summed E-state index contributed by atoms with van der Waals surface area (Å²) in [6, 6.07) is 7.51. The van der Waals surface area contributed by atoms with Crippen molar-refractivity contribution in [1.29, 1.82) is 0 Å². The van der Waals surface area contributed by atoms with Crippen LogP contribution in [0.1, 0.15) is 25.1 Å². The van der Waals surface area contributed by atoms with Gasteiger partial charge in [-0.1, -0.05) is 18.2 Å². The first kappa shape index (κ1) is 24.2. The number of nitrogens with zero attached hydrogens (tertiary/aromatic N) is 4. The Kier molecular flexibility index (Phi) is 7.22. The van der Waals surface area contributed by atoms with Crippen LogP contribution in [-0.2, 0) is 32.3 Å². The molecule has 1 saturated heterocycles. The first-order valence-electron chi connectivity index (χ1n) is 11.4. The lowest BCUT2D eigenvalue weighted by Crippen LogP contribution is -2.41. The van der Waals surface area contributed by atoms with Gasteiger partial charge in [0, 0.05) is 38.0 Å². The van der Waals surface area contributed by atoms with Crippen LogP contribution in [0.3, 0.4) is 0 Å². The van der Waals surface area contributed by atoms with Crippen molar-refractivity contribution in [2.24, 2.45) is 0 Å². The Morgan fingerprint density at radius 3 is 2.74 bits per heavy atom. The number of hydrogen-bond acceptors (Lipinski definition) is 8. The number of anilines is 1. The number of carbonyl (C=O) groups is 1. The topological polar surface area (TPSA) is 130 Å². The van der Waals surface area contributed by atoms with E-state index < -0.39 is 15.9 Å². The largest absolute Gasteiger partial charge is 0.453 e. The highest BCUT2D eigenvalue weighted by atomic mass is 32.2. The van der Waals surface area contributed by atoms with Crippen LogP contribution in [0.25, 0.3) is 21.9 Å². The van der Waals surface area contributed by atoms with E-state index in [1.165, 1.54) is 7.11 Å². The number of imidazole rings is 1. The number of carbonyl (C=O) groups excluding carboxylic acids is 1. The lowest BCUT2D eigenvalue weighted by atomic mass is 10.1. The summed E-state index contributed by atoms with van der Waals surface area (Å²) in [5.74, 6) is 1.37. The van der Waals surface area contributed by atoms with E-state index >= 15 is 0 Å². The second-order valence-corrected chi connectivity index (χ2v) is 10.8. The highest BCUT2D eigenvalue weighted by Crippen LogP contribution is 2.29. The van der Waals surface area contributed by atoms with E-state index in [0.29, 0.717) is 50.3 Å². The third-order valence-electron chi connectivity index (χ3n) is 6.31. The molecule has 11 heteroatoms. The molecule has 3 aromatic rings. The highest BCUT2D eigenvalue weighted by molar-refractivity contribution is 7.91. The molecule has 10 nitrogen and oxygen atoms in total. The number of methoxy groups -OCH3 is 2. The van der Waals surface area contributed by atoms with Crippen molar-refractivity contribution in [1.82, 2.24) is 19.4 Å². The maximum atomic E-state index is 12.3. The summed E-state index contributed by atoms with van der Waals surface area (Å²) in [4.78, 5) is 23.2. The number of unbranched alkanes of at least 4 members (excludes halogenated alkanes) is 1. The minimum atomic E-state index is -3.10. The predicted molar refractivity (Wildman–Crippen MR) is 130 cm³/mol. The molecule has 1 aliphatic rings. The molecule has 184 valence electrons. The average molecular weight is 490 g/mol. The second-order valence-electron chi connectivity index (χ2n) is 8.56. The van der Waals surface area contributed by atoms with Crippen molar-refractivity contribution in [2.75, 3.05) is 44.6 Å². The van der Waals surface area contributed by atoms with Crippen LogP contribution in [0.5, 0.6) is 0 Å². The van der Waals surface area contributed by atoms with Crippen molar-refractivity contribution in [2.45, 2.75) is 38.3 Å². The van der Waals surface area contributed by atoms with Crippen molar-refractivity contribution >= 4 is 43.7 Å². The molecule has 0 spiro atoms. The Balaban J connectivity index is 1.55. The van der Waals surface area contributed by atoms with Crippen molar-refractivity contribution in [3.8, 4) is 0 Å². The molecule has 1 aliphatic heterocycles. The summed E-state index contributed by atoms with van der Waals surface area (Å²) in [6.45, 7) is 1.62. The van der Waals surface area contributed by atoms with E-state index in [2.05, 4.69) is 9.55 Å². The first-order valence-corrected chi connectivity index (χ1v) is 13.2. The highest BCUT2D eigenvalue weighted by Gasteiger charge is 2.34. The molecule has 0 radical (unpaired) electrons. The Labute approximate surface area is 199 Å². The number of aromatic nitrogens is 3. The molecule has 0 aliphatic carbocycles. The molecule has 34 heavy (non-hydrogen) atoms. The molecule has 1 fully saturated rings. The van der Waals surface area contributed by atoms with E-state index in [0.717, 1.165) is 28.7 Å². The second kappa shape index (κ2) is 10.1. The number of aryl methyl sites for hydroxylation is 1. The monoisotopic (exact) mass is 489 g/mol. The molecule has 1 aromatic carbocycles. The fourth-order valence-corrected chi connectivity index (χ4v) is 6.37. The van der Waals surface area contributed by atoms with Gasteiger partial charge in [-0.25, -0.2) is 23.2 Å². The van der Waals surface area contributed by atoms with Crippen LogP contribution in [0, 0.1) is 0 Å². The van der Waals surface area contributed by atoms with Crippen LogP contribution >= 0.6 is 0 Å². The molecule has 1 unspecified atom stereocenters. The number of benzene rings is 1. The van der Waals surface area contributed by atoms with Gasteiger partial charge in [-0.05, 0) is 25.3 Å². The van der Waals surface area contributed by atoms with Gasteiger partial charge < -0.3 is 24.7 Å². The fraction of sp³-hybridized carbons (Fsp3) is 0.522. The van der Waals surface area contributed by atoms with Crippen molar-refractivity contribution < 1.29 is 22.7 Å². The molecule has 2 N–H and O–H groups in total. The molecule has 2 aromatic heterocycles. The number of sulfone groups is 1. The van der Waals surface area contributed by atoms with Crippen LogP contribution in [0.15, 0.2) is 24.3 Å². The quantitative estimate of drug-likeness (QED) is 0.454. The van der Waals surface area contributed by atoms with Gasteiger partial charge >= 0.3 is 6.09 Å².